The number of para-hydroxylation sites is 2. The van der Waals surface area contributed by atoms with Crippen molar-refractivity contribution in [3.8, 4) is 0 Å². The summed E-state index contributed by atoms with van der Waals surface area (Å²) in [6.45, 7) is 4.18. The Balaban J connectivity index is 1.50. The van der Waals surface area contributed by atoms with E-state index < -0.39 is 11.3 Å². The molecule has 1 heterocycles. The van der Waals surface area contributed by atoms with Gasteiger partial charge in [0.15, 0.2) is 0 Å². The molecule has 2 aromatic carbocycles. The Kier molecular flexibility index (Phi) is 4.12. The molecule has 2 unspecified atom stereocenters. The molecule has 6 nitrogen and oxygen atoms in total. The average Bonchev–Trinajstić information content (AvgIpc) is 3.12. The third kappa shape index (κ3) is 2.43. The van der Waals surface area contributed by atoms with Crippen molar-refractivity contribution >= 4 is 34.4 Å². The summed E-state index contributed by atoms with van der Waals surface area (Å²) in [5.74, 6) is -0.575. The second-order valence-corrected chi connectivity index (χ2v) is 8.96. The Labute approximate surface area is 179 Å². The number of aromatic nitrogens is 2. The van der Waals surface area contributed by atoms with Crippen LogP contribution in [0.1, 0.15) is 54.4 Å². The van der Waals surface area contributed by atoms with Gasteiger partial charge in [0.25, 0.3) is 11.8 Å². The number of carbonyl (C=O) groups is 2. The first kappa shape index (κ1) is 19.0. The molecular weight excluding hydrogens is 400 g/mol. The zero-order chi connectivity index (χ0) is 21.1. The molecule has 2 bridgehead atoms. The largest absolute Gasteiger partial charge is 0.272 e. The van der Waals surface area contributed by atoms with Crippen LogP contribution in [0.15, 0.2) is 48.5 Å². The Morgan fingerprint density at radius 1 is 1.00 bits per heavy atom. The molecule has 0 aliphatic heterocycles. The molecule has 0 saturated heterocycles. The summed E-state index contributed by atoms with van der Waals surface area (Å²) in [6, 6.07) is 14.4. The minimum atomic E-state index is -0.849. The molecule has 30 heavy (non-hydrogen) atoms. The van der Waals surface area contributed by atoms with Gasteiger partial charge in [-0.15, -0.1) is 0 Å². The maximum absolute atomic E-state index is 13.5. The van der Waals surface area contributed by atoms with Crippen molar-refractivity contribution in [1.82, 2.24) is 20.8 Å². The Morgan fingerprint density at radius 2 is 1.67 bits per heavy atom. The van der Waals surface area contributed by atoms with Crippen LogP contribution in [-0.2, 0) is 10.2 Å². The highest BCUT2D eigenvalue weighted by Crippen LogP contribution is 2.67. The van der Waals surface area contributed by atoms with Crippen LogP contribution in [0.5, 0.6) is 0 Å². The van der Waals surface area contributed by atoms with E-state index in [4.69, 9.17) is 21.6 Å². The highest BCUT2D eigenvalue weighted by atomic mass is 35.5. The maximum atomic E-state index is 13.5. The lowest BCUT2D eigenvalue weighted by molar-refractivity contribution is -0.130. The molecule has 2 N–H and O–H groups in total. The van der Waals surface area contributed by atoms with Gasteiger partial charge in [0.05, 0.1) is 33.0 Å². The number of fused-ring (bicyclic) bond motifs is 6. The molecule has 2 aliphatic carbocycles. The van der Waals surface area contributed by atoms with Crippen LogP contribution in [0.4, 0.5) is 0 Å². The van der Waals surface area contributed by atoms with Crippen LogP contribution in [0.25, 0.3) is 11.0 Å². The highest BCUT2D eigenvalue weighted by molar-refractivity contribution is 6.33. The van der Waals surface area contributed by atoms with Gasteiger partial charge in [-0.2, -0.15) is 0 Å². The number of hydrogen-bond acceptors (Lipinski definition) is 4. The smallest absolute Gasteiger partial charge is 0.271 e. The molecule has 0 radical (unpaired) electrons. The minimum Gasteiger partial charge on any atom is -0.272 e. The fourth-order valence-corrected chi connectivity index (χ4v) is 5.48. The number of nitrogens with zero attached hydrogens (tertiary/aromatic N) is 2. The third-order valence-electron chi connectivity index (χ3n) is 6.91. The van der Waals surface area contributed by atoms with E-state index in [9.17, 15) is 9.59 Å². The summed E-state index contributed by atoms with van der Waals surface area (Å²) >= 11 is 6.10. The SMILES string of the molecule is CC1(C)C2CCC1(C(=O)NNC(=O)c1ccccc1Cl)c1nc3ccccc3nc12. The van der Waals surface area contributed by atoms with Gasteiger partial charge in [-0.05, 0) is 42.5 Å². The lowest BCUT2D eigenvalue weighted by Crippen LogP contribution is -2.55. The normalized spacial score (nSPS) is 23.2. The summed E-state index contributed by atoms with van der Waals surface area (Å²) in [6.07, 6.45) is 1.53. The first-order chi connectivity index (χ1) is 14.4. The Morgan fingerprint density at radius 3 is 2.40 bits per heavy atom. The molecular formula is C23H21ClN4O2. The van der Waals surface area contributed by atoms with Crippen molar-refractivity contribution in [2.24, 2.45) is 5.41 Å². The molecule has 1 saturated carbocycles. The summed E-state index contributed by atoms with van der Waals surface area (Å²) in [4.78, 5) is 35.8. The first-order valence-corrected chi connectivity index (χ1v) is 10.4. The van der Waals surface area contributed by atoms with Crippen LogP contribution in [-0.4, -0.2) is 21.8 Å². The van der Waals surface area contributed by atoms with Crippen molar-refractivity contribution in [2.75, 3.05) is 0 Å². The number of rotatable bonds is 2. The van der Waals surface area contributed by atoms with Gasteiger partial charge < -0.3 is 0 Å². The predicted molar refractivity (Wildman–Crippen MR) is 114 cm³/mol. The van der Waals surface area contributed by atoms with Crippen molar-refractivity contribution in [1.29, 1.82) is 0 Å². The molecule has 2 amide bonds. The van der Waals surface area contributed by atoms with Gasteiger partial charge in [0.2, 0.25) is 0 Å². The number of nitrogens with one attached hydrogen (secondary N) is 2. The monoisotopic (exact) mass is 420 g/mol. The van der Waals surface area contributed by atoms with E-state index in [2.05, 4.69) is 24.7 Å². The Bertz CT molecular complexity index is 1210. The van der Waals surface area contributed by atoms with Crippen LogP contribution in [0.3, 0.4) is 0 Å². The molecule has 0 spiro atoms. The van der Waals surface area contributed by atoms with Gasteiger partial charge in [0, 0.05) is 5.92 Å². The average molecular weight is 421 g/mol. The fourth-order valence-electron chi connectivity index (χ4n) is 5.26. The van der Waals surface area contributed by atoms with Crippen LogP contribution in [0.2, 0.25) is 5.02 Å². The van der Waals surface area contributed by atoms with Crippen molar-refractivity contribution in [3.05, 3.63) is 70.5 Å². The summed E-state index contributed by atoms with van der Waals surface area (Å²) in [5, 5.41) is 0.326. The quantitative estimate of drug-likeness (QED) is 0.616. The zero-order valence-corrected chi connectivity index (χ0v) is 17.5. The minimum absolute atomic E-state index is 0.148. The maximum Gasteiger partial charge on any atom is 0.271 e. The topological polar surface area (TPSA) is 84.0 Å². The predicted octanol–water partition coefficient (Wildman–Crippen LogP) is 3.90. The summed E-state index contributed by atoms with van der Waals surface area (Å²) < 4.78 is 0. The van der Waals surface area contributed by atoms with Crippen LogP contribution in [0, 0.1) is 5.41 Å². The lowest BCUT2D eigenvalue weighted by atomic mass is 9.68. The zero-order valence-electron chi connectivity index (χ0n) is 16.7. The van der Waals surface area contributed by atoms with Crippen molar-refractivity contribution in [3.63, 3.8) is 0 Å². The van der Waals surface area contributed by atoms with E-state index in [1.165, 1.54) is 0 Å². The van der Waals surface area contributed by atoms with Gasteiger partial charge in [-0.25, -0.2) is 9.97 Å². The van der Waals surface area contributed by atoms with E-state index in [0.717, 1.165) is 28.8 Å². The van der Waals surface area contributed by atoms with Gasteiger partial charge >= 0.3 is 0 Å². The Hall–Kier alpha value is -2.99. The van der Waals surface area contributed by atoms with Crippen LogP contribution >= 0.6 is 11.6 Å². The number of carbonyl (C=O) groups excluding carboxylic acids is 2. The van der Waals surface area contributed by atoms with Crippen LogP contribution < -0.4 is 10.9 Å². The third-order valence-corrected chi connectivity index (χ3v) is 7.24. The molecule has 1 aromatic heterocycles. The number of hydrogen-bond donors (Lipinski definition) is 2. The molecule has 5 rings (SSSR count). The second kappa shape index (κ2) is 6.51. The van der Waals surface area contributed by atoms with E-state index in [1.54, 1.807) is 24.3 Å². The summed E-state index contributed by atoms with van der Waals surface area (Å²) in [5.41, 5.74) is 7.50. The molecule has 1 fully saturated rings. The number of amides is 2. The van der Waals surface area contributed by atoms with Gasteiger partial charge in [-0.3, -0.25) is 20.4 Å². The van der Waals surface area contributed by atoms with E-state index >= 15 is 0 Å². The van der Waals surface area contributed by atoms with E-state index in [-0.39, 0.29) is 17.2 Å². The van der Waals surface area contributed by atoms with E-state index in [1.807, 2.05) is 24.3 Å². The molecule has 2 atom stereocenters. The van der Waals surface area contributed by atoms with E-state index in [0.29, 0.717) is 17.0 Å². The van der Waals surface area contributed by atoms with Crippen molar-refractivity contribution < 1.29 is 9.59 Å². The molecule has 3 aromatic rings. The standard InChI is InChI=1S/C23H21ClN4O2/c1-22(2)14-11-12-23(22,19-18(14)25-16-9-5-6-10-17(16)26-19)21(30)28-27-20(29)13-7-3-4-8-15(13)24/h3-10,14H,11-12H2,1-2H3,(H,27,29)(H,28,30). The lowest BCUT2D eigenvalue weighted by Gasteiger charge is -2.36. The molecule has 2 aliphatic rings. The van der Waals surface area contributed by atoms with Crippen molar-refractivity contribution in [2.45, 2.75) is 38.0 Å². The van der Waals surface area contributed by atoms with Gasteiger partial charge in [0.1, 0.15) is 5.41 Å². The highest BCUT2D eigenvalue weighted by Gasteiger charge is 2.68. The number of benzene rings is 2. The van der Waals surface area contributed by atoms with Gasteiger partial charge in [-0.1, -0.05) is 49.7 Å². The molecule has 152 valence electrons. The first-order valence-electron chi connectivity index (χ1n) is 9.99. The molecule has 7 heteroatoms. The number of halogens is 1. The fraction of sp³-hybridized carbons (Fsp3) is 0.304. The summed E-state index contributed by atoms with van der Waals surface area (Å²) in [7, 11) is 0. The number of hydrazine groups is 1. The second-order valence-electron chi connectivity index (χ2n) is 8.55.